The zero-order valence-corrected chi connectivity index (χ0v) is 20.5. The summed E-state index contributed by atoms with van der Waals surface area (Å²) in [6.45, 7) is 3.80. The van der Waals surface area contributed by atoms with E-state index in [1.54, 1.807) is 32.4 Å². The summed E-state index contributed by atoms with van der Waals surface area (Å²) in [6.07, 6.45) is 0.927. The molecular formula is C24H30Cl2N2O5. The van der Waals surface area contributed by atoms with Crippen molar-refractivity contribution in [2.24, 2.45) is 0 Å². The zero-order chi connectivity index (χ0) is 23.6. The van der Waals surface area contributed by atoms with Gasteiger partial charge < -0.3 is 24.3 Å². The first kappa shape index (κ1) is 25.4. The summed E-state index contributed by atoms with van der Waals surface area (Å²) in [5.41, 5.74) is 1.05. The van der Waals surface area contributed by atoms with Crippen molar-refractivity contribution in [3.05, 3.63) is 52.0 Å². The molecule has 9 heteroatoms. The molecule has 1 amide bonds. The fourth-order valence-corrected chi connectivity index (χ4v) is 4.18. The van der Waals surface area contributed by atoms with Crippen molar-refractivity contribution in [2.45, 2.75) is 18.9 Å². The Morgan fingerprint density at radius 3 is 2.48 bits per heavy atom. The van der Waals surface area contributed by atoms with Crippen LogP contribution in [0.1, 0.15) is 24.4 Å². The average molecular weight is 497 g/mol. The number of benzene rings is 2. The van der Waals surface area contributed by atoms with E-state index >= 15 is 0 Å². The number of hydrogen-bond acceptors (Lipinski definition) is 6. The fourth-order valence-electron chi connectivity index (χ4n) is 3.71. The predicted octanol–water partition coefficient (Wildman–Crippen LogP) is 4.36. The van der Waals surface area contributed by atoms with Crippen LogP contribution in [0.2, 0.25) is 10.0 Å². The lowest BCUT2D eigenvalue weighted by atomic mass is 10.0. The Kier molecular flexibility index (Phi) is 9.94. The van der Waals surface area contributed by atoms with Crippen LogP contribution >= 0.6 is 23.2 Å². The second-order valence-electron chi connectivity index (χ2n) is 7.61. The van der Waals surface area contributed by atoms with Gasteiger partial charge in [0, 0.05) is 31.1 Å². The van der Waals surface area contributed by atoms with Crippen LogP contribution in [0, 0.1) is 0 Å². The lowest BCUT2D eigenvalue weighted by molar-refractivity contribution is -0.121. The molecule has 1 fully saturated rings. The maximum Gasteiger partial charge on any atom is 0.220 e. The molecule has 180 valence electrons. The van der Waals surface area contributed by atoms with Gasteiger partial charge >= 0.3 is 0 Å². The van der Waals surface area contributed by atoms with Crippen LogP contribution in [-0.2, 0) is 9.53 Å². The van der Waals surface area contributed by atoms with Gasteiger partial charge in [-0.25, -0.2) is 0 Å². The van der Waals surface area contributed by atoms with Gasteiger partial charge in [0.2, 0.25) is 5.91 Å². The van der Waals surface area contributed by atoms with E-state index in [2.05, 4.69) is 10.2 Å². The Hall–Kier alpha value is -2.19. The van der Waals surface area contributed by atoms with Crippen LogP contribution in [0.4, 0.5) is 0 Å². The van der Waals surface area contributed by atoms with E-state index in [-0.39, 0.29) is 11.9 Å². The Morgan fingerprint density at radius 2 is 1.79 bits per heavy atom. The van der Waals surface area contributed by atoms with Crippen molar-refractivity contribution in [1.82, 2.24) is 10.2 Å². The second kappa shape index (κ2) is 12.9. The number of ether oxygens (including phenoxy) is 4. The summed E-state index contributed by atoms with van der Waals surface area (Å²) in [6, 6.07) is 10.9. The Morgan fingerprint density at radius 1 is 1.06 bits per heavy atom. The van der Waals surface area contributed by atoms with E-state index in [9.17, 15) is 4.79 Å². The highest BCUT2D eigenvalue weighted by atomic mass is 35.5. The number of amides is 1. The molecule has 2 aromatic carbocycles. The van der Waals surface area contributed by atoms with Crippen LogP contribution < -0.4 is 19.5 Å². The van der Waals surface area contributed by atoms with Gasteiger partial charge in [-0.05, 0) is 42.3 Å². The predicted molar refractivity (Wildman–Crippen MR) is 129 cm³/mol. The van der Waals surface area contributed by atoms with Gasteiger partial charge in [-0.15, -0.1) is 0 Å². The molecule has 0 aliphatic carbocycles. The van der Waals surface area contributed by atoms with Gasteiger partial charge in [0.15, 0.2) is 11.5 Å². The molecule has 1 aliphatic heterocycles. The molecule has 1 N–H and O–H groups in total. The molecule has 0 bridgehead atoms. The number of hydrogen-bond donors (Lipinski definition) is 1. The van der Waals surface area contributed by atoms with E-state index in [1.165, 1.54) is 0 Å². The molecule has 33 heavy (non-hydrogen) atoms. The van der Waals surface area contributed by atoms with Gasteiger partial charge in [-0.2, -0.15) is 0 Å². The fraction of sp³-hybridized carbons (Fsp3) is 0.458. The SMILES string of the molecule is COc1ccc(C(CNC(=O)CCCOc2ccc(Cl)cc2Cl)N2CCOCC2)cc1OC. The van der Waals surface area contributed by atoms with Crippen LogP contribution in [0.3, 0.4) is 0 Å². The molecule has 0 aromatic heterocycles. The Labute approximate surface area is 204 Å². The second-order valence-corrected chi connectivity index (χ2v) is 8.45. The van der Waals surface area contributed by atoms with E-state index in [4.69, 9.17) is 42.1 Å². The number of carbonyl (C=O) groups is 1. The normalized spacial score (nSPS) is 15.0. The summed E-state index contributed by atoms with van der Waals surface area (Å²) < 4.78 is 22.0. The van der Waals surface area contributed by atoms with Crippen LogP contribution in [0.5, 0.6) is 17.2 Å². The number of methoxy groups -OCH3 is 2. The number of nitrogens with one attached hydrogen (secondary N) is 1. The molecule has 1 heterocycles. The standard InChI is InChI=1S/C24H30Cl2N2O5/c1-30-22-7-5-17(14-23(22)31-2)20(28-9-12-32-13-10-28)16-27-24(29)4-3-11-33-21-8-6-18(25)15-19(21)26/h5-8,14-15,20H,3-4,9-13,16H2,1-2H3,(H,27,29). The Bertz CT molecular complexity index is 922. The highest BCUT2D eigenvalue weighted by Gasteiger charge is 2.24. The highest BCUT2D eigenvalue weighted by molar-refractivity contribution is 6.35. The number of morpholine rings is 1. The number of carbonyl (C=O) groups excluding carboxylic acids is 1. The van der Waals surface area contributed by atoms with Crippen molar-refractivity contribution < 1.29 is 23.7 Å². The minimum atomic E-state index is -0.0282. The van der Waals surface area contributed by atoms with Crippen LogP contribution in [0.25, 0.3) is 0 Å². The Balaban J connectivity index is 1.54. The zero-order valence-electron chi connectivity index (χ0n) is 18.9. The molecule has 0 radical (unpaired) electrons. The molecule has 1 saturated heterocycles. The smallest absolute Gasteiger partial charge is 0.220 e. The summed E-state index contributed by atoms with van der Waals surface area (Å²) in [4.78, 5) is 14.8. The maximum absolute atomic E-state index is 12.5. The molecule has 2 aromatic rings. The number of nitrogens with zero attached hydrogens (tertiary/aromatic N) is 1. The highest BCUT2D eigenvalue weighted by Crippen LogP contribution is 2.32. The lowest BCUT2D eigenvalue weighted by Gasteiger charge is -2.35. The first-order valence-electron chi connectivity index (χ1n) is 10.9. The van der Waals surface area contributed by atoms with Crippen molar-refractivity contribution in [3.8, 4) is 17.2 Å². The van der Waals surface area contributed by atoms with Gasteiger partial charge in [0.25, 0.3) is 0 Å². The van der Waals surface area contributed by atoms with Gasteiger partial charge in [0.1, 0.15) is 5.75 Å². The molecule has 1 atom stereocenters. The molecule has 0 saturated carbocycles. The third-order valence-electron chi connectivity index (χ3n) is 5.47. The molecule has 1 aliphatic rings. The molecule has 0 spiro atoms. The third-order valence-corrected chi connectivity index (χ3v) is 6.00. The largest absolute Gasteiger partial charge is 0.493 e. The average Bonchev–Trinajstić information content (AvgIpc) is 2.83. The molecule has 3 rings (SSSR count). The summed E-state index contributed by atoms with van der Waals surface area (Å²) in [5, 5.41) is 4.08. The third kappa shape index (κ3) is 7.40. The van der Waals surface area contributed by atoms with Crippen LogP contribution in [0.15, 0.2) is 36.4 Å². The minimum Gasteiger partial charge on any atom is -0.493 e. The summed E-state index contributed by atoms with van der Waals surface area (Å²) in [5.74, 6) is 1.87. The molecule has 1 unspecified atom stereocenters. The molecular weight excluding hydrogens is 467 g/mol. The number of halogens is 2. The summed E-state index contributed by atoms with van der Waals surface area (Å²) >= 11 is 12.0. The van der Waals surface area contributed by atoms with E-state index in [0.29, 0.717) is 66.5 Å². The molecule has 7 nitrogen and oxygen atoms in total. The summed E-state index contributed by atoms with van der Waals surface area (Å²) in [7, 11) is 3.23. The van der Waals surface area contributed by atoms with Crippen molar-refractivity contribution in [2.75, 3.05) is 53.7 Å². The first-order chi connectivity index (χ1) is 16.0. The van der Waals surface area contributed by atoms with Gasteiger partial charge in [-0.3, -0.25) is 9.69 Å². The maximum atomic E-state index is 12.5. The lowest BCUT2D eigenvalue weighted by Crippen LogP contribution is -2.43. The first-order valence-corrected chi connectivity index (χ1v) is 11.7. The van der Waals surface area contributed by atoms with Crippen molar-refractivity contribution >= 4 is 29.1 Å². The van der Waals surface area contributed by atoms with E-state index < -0.39 is 0 Å². The van der Waals surface area contributed by atoms with Gasteiger partial charge in [0.05, 0.1) is 45.1 Å². The monoisotopic (exact) mass is 496 g/mol. The van der Waals surface area contributed by atoms with Crippen LogP contribution in [-0.4, -0.2) is 64.5 Å². The quantitative estimate of drug-likeness (QED) is 0.466. The van der Waals surface area contributed by atoms with E-state index in [0.717, 1.165) is 18.7 Å². The van der Waals surface area contributed by atoms with Gasteiger partial charge in [-0.1, -0.05) is 29.3 Å². The van der Waals surface area contributed by atoms with Crippen molar-refractivity contribution in [3.63, 3.8) is 0 Å². The number of rotatable bonds is 11. The van der Waals surface area contributed by atoms with E-state index in [1.807, 2.05) is 18.2 Å². The topological polar surface area (TPSA) is 69.3 Å². The van der Waals surface area contributed by atoms with Crippen molar-refractivity contribution in [1.29, 1.82) is 0 Å². The minimum absolute atomic E-state index is 0.00165.